The van der Waals surface area contributed by atoms with Crippen molar-refractivity contribution in [1.29, 1.82) is 0 Å². The summed E-state index contributed by atoms with van der Waals surface area (Å²) < 4.78 is 0. The van der Waals surface area contributed by atoms with Crippen LogP contribution in [0.1, 0.15) is 44.6 Å². The number of rotatable bonds is 10. The fourth-order valence-corrected chi connectivity index (χ4v) is 2.45. The zero-order valence-electron chi connectivity index (χ0n) is 12.0. The molecule has 0 aliphatic rings. The van der Waals surface area contributed by atoms with E-state index in [-0.39, 0.29) is 0 Å². The second kappa shape index (κ2) is 10.1. The molecule has 0 fully saturated rings. The summed E-state index contributed by atoms with van der Waals surface area (Å²) in [6.45, 7) is 6.97. The van der Waals surface area contributed by atoms with Crippen LogP contribution in [-0.4, -0.2) is 12.6 Å². The van der Waals surface area contributed by atoms with Crippen molar-refractivity contribution in [3.8, 4) is 0 Å². The minimum Gasteiger partial charge on any atom is -0.314 e. The first-order valence-electron chi connectivity index (χ1n) is 7.35. The molecule has 1 aromatic carbocycles. The van der Waals surface area contributed by atoms with E-state index in [9.17, 15) is 0 Å². The lowest BCUT2D eigenvalue weighted by Crippen LogP contribution is -2.30. The molecule has 0 saturated heterocycles. The van der Waals surface area contributed by atoms with Gasteiger partial charge in [-0.05, 0) is 49.9 Å². The number of benzene rings is 1. The van der Waals surface area contributed by atoms with Crippen LogP contribution >= 0.6 is 11.6 Å². The minimum absolute atomic E-state index is 0.579. The van der Waals surface area contributed by atoms with Gasteiger partial charge in [-0.15, -0.1) is 6.58 Å². The molecule has 0 radical (unpaired) electrons. The highest BCUT2D eigenvalue weighted by atomic mass is 35.5. The Kier molecular flexibility index (Phi) is 8.61. The summed E-state index contributed by atoms with van der Waals surface area (Å²) in [5.41, 5.74) is 1.36. The third kappa shape index (κ3) is 7.39. The van der Waals surface area contributed by atoms with Crippen LogP contribution in [0.4, 0.5) is 0 Å². The Balaban J connectivity index is 2.34. The topological polar surface area (TPSA) is 12.0 Å². The third-order valence-corrected chi connectivity index (χ3v) is 3.60. The highest BCUT2D eigenvalue weighted by Gasteiger charge is 2.08. The zero-order chi connectivity index (χ0) is 13.9. The number of halogens is 1. The van der Waals surface area contributed by atoms with E-state index in [1.165, 1.54) is 31.2 Å². The molecule has 0 amide bonds. The van der Waals surface area contributed by atoms with Crippen LogP contribution in [0.3, 0.4) is 0 Å². The molecule has 19 heavy (non-hydrogen) atoms. The molecule has 1 atom stereocenters. The second-order valence-corrected chi connectivity index (χ2v) is 5.45. The Hall–Kier alpha value is -0.790. The van der Waals surface area contributed by atoms with Gasteiger partial charge in [-0.25, -0.2) is 0 Å². The van der Waals surface area contributed by atoms with Crippen molar-refractivity contribution in [2.75, 3.05) is 6.54 Å². The standard InChI is InChI=1S/C17H26ClN/c1-3-5-6-7-8-9-17(19-4-2)14-15-10-12-16(18)13-11-15/h3,10-13,17,19H,1,4-9,14H2,2H3. The largest absolute Gasteiger partial charge is 0.314 e. The van der Waals surface area contributed by atoms with Crippen LogP contribution in [0, 0.1) is 0 Å². The first kappa shape index (κ1) is 16.3. The minimum atomic E-state index is 0.579. The van der Waals surface area contributed by atoms with Crippen molar-refractivity contribution < 1.29 is 0 Å². The van der Waals surface area contributed by atoms with E-state index in [0.29, 0.717) is 6.04 Å². The molecule has 1 unspecified atom stereocenters. The maximum atomic E-state index is 5.92. The van der Waals surface area contributed by atoms with Gasteiger partial charge in [-0.3, -0.25) is 0 Å². The van der Waals surface area contributed by atoms with Gasteiger partial charge in [0, 0.05) is 11.1 Å². The van der Waals surface area contributed by atoms with E-state index in [1.807, 2.05) is 18.2 Å². The maximum absolute atomic E-state index is 5.92. The van der Waals surface area contributed by atoms with Gasteiger partial charge >= 0.3 is 0 Å². The summed E-state index contributed by atoms with van der Waals surface area (Å²) in [5, 5.41) is 4.40. The molecule has 0 heterocycles. The number of likely N-dealkylation sites (N-methyl/N-ethyl adjacent to an activating group) is 1. The van der Waals surface area contributed by atoms with Crippen LogP contribution in [0.2, 0.25) is 5.02 Å². The normalized spacial score (nSPS) is 12.3. The van der Waals surface area contributed by atoms with E-state index < -0.39 is 0 Å². The molecule has 0 aliphatic carbocycles. The van der Waals surface area contributed by atoms with E-state index >= 15 is 0 Å². The lowest BCUT2D eigenvalue weighted by atomic mass is 10.00. The quantitative estimate of drug-likeness (QED) is 0.470. The van der Waals surface area contributed by atoms with Crippen LogP contribution in [0.25, 0.3) is 0 Å². The molecule has 0 saturated carbocycles. The predicted octanol–water partition coefficient (Wildman–Crippen LogP) is 5.00. The highest BCUT2D eigenvalue weighted by molar-refractivity contribution is 6.30. The van der Waals surface area contributed by atoms with Gasteiger partial charge in [0.25, 0.3) is 0 Å². The Morgan fingerprint density at radius 2 is 1.95 bits per heavy atom. The Morgan fingerprint density at radius 3 is 2.58 bits per heavy atom. The molecule has 2 heteroatoms. The number of unbranched alkanes of at least 4 members (excludes halogenated alkanes) is 3. The first-order valence-corrected chi connectivity index (χ1v) is 7.72. The number of hydrogen-bond donors (Lipinski definition) is 1. The molecule has 0 bridgehead atoms. The van der Waals surface area contributed by atoms with E-state index in [1.54, 1.807) is 0 Å². The Labute approximate surface area is 123 Å². The van der Waals surface area contributed by atoms with Crippen molar-refractivity contribution in [2.24, 2.45) is 0 Å². The summed E-state index contributed by atoms with van der Waals surface area (Å²) in [6, 6.07) is 8.79. The molecular weight excluding hydrogens is 254 g/mol. The summed E-state index contributed by atoms with van der Waals surface area (Å²) >= 11 is 5.92. The van der Waals surface area contributed by atoms with Gasteiger partial charge in [0.05, 0.1) is 0 Å². The fraction of sp³-hybridized carbons (Fsp3) is 0.529. The average molecular weight is 280 g/mol. The monoisotopic (exact) mass is 279 g/mol. The molecule has 0 aromatic heterocycles. The molecule has 1 rings (SSSR count). The average Bonchev–Trinajstić information content (AvgIpc) is 2.41. The summed E-state index contributed by atoms with van der Waals surface area (Å²) in [6.07, 6.45) is 9.34. The number of nitrogens with one attached hydrogen (secondary N) is 1. The zero-order valence-corrected chi connectivity index (χ0v) is 12.8. The van der Waals surface area contributed by atoms with Gasteiger partial charge in [-0.1, -0.05) is 49.6 Å². The molecule has 1 aromatic rings. The van der Waals surface area contributed by atoms with Crippen molar-refractivity contribution in [2.45, 2.75) is 51.5 Å². The van der Waals surface area contributed by atoms with Gasteiger partial charge < -0.3 is 5.32 Å². The molecule has 1 N–H and O–H groups in total. The Morgan fingerprint density at radius 1 is 1.21 bits per heavy atom. The molecule has 1 nitrogen and oxygen atoms in total. The van der Waals surface area contributed by atoms with Gasteiger partial charge in [0.2, 0.25) is 0 Å². The lowest BCUT2D eigenvalue weighted by molar-refractivity contribution is 0.464. The summed E-state index contributed by atoms with van der Waals surface area (Å²) in [4.78, 5) is 0. The summed E-state index contributed by atoms with van der Waals surface area (Å²) in [7, 11) is 0. The van der Waals surface area contributed by atoms with E-state index in [2.05, 4.69) is 31.0 Å². The lowest BCUT2D eigenvalue weighted by Gasteiger charge is -2.18. The van der Waals surface area contributed by atoms with Gasteiger partial charge in [0.15, 0.2) is 0 Å². The second-order valence-electron chi connectivity index (χ2n) is 5.01. The third-order valence-electron chi connectivity index (χ3n) is 3.35. The number of allylic oxidation sites excluding steroid dienone is 1. The van der Waals surface area contributed by atoms with Gasteiger partial charge in [-0.2, -0.15) is 0 Å². The van der Waals surface area contributed by atoms with Gasteiger partial charge in [0.1, 0.15) is 0 Å². The number of hydrogen-bond acceptors (Lipinski definition) is 1. The molecule has 106 valence electrons. The summed E-state index contributed by atoms with van der Waals surface area (Å²) in [5.74, 6) is 0. The maximum Gasteiger partial charge on any atom is 0.0406 e. The van der Waals surface area contributed by atoms with Crippen LogP contribution in [-0.2, 0) is 6.42 Å². The fourth-order valence-electron chi connectivity index (χ4n) is 2.33. The smallest absolute Gasteiger partial charge is 0.0406 e. The van der Waals surface area contributed by atoms with Crippen molar-refractivity contribution in [3.05, 3.63) is 47.5 Å². The Bertz CT molecular complexity index is 345. The van der Waals surface area contributed by atoms with Crippen LogP contribution in [0.15, 0.2) is 36.9 Å². The van der Waals surface area contributed by atoms with E-state index in [4.69, 9.17) is 11.6 Å². The van der Waals surface area contributed by atoms with Crippen LogP contribution < -0.4 is 5.32 Å². The van der Waals surface area contributed by atoms with Crippen molar-refractivity contribution in [1.82, 2.24) is 5.32 Å². The predicted molar refractivity (Wildman–Crippen MR) is 85.9 cm³/mol. The highest BCUT2D eigenvalue weighted by Crippen LogP contribution is 2.14. The molecule has 0 aliphatic heterocycles. The van der Waals surface area contributed by atoms with Crippen LogP contribution in [0.5, 0.6) is 0 Å². The van der Waals surface area contributed by atoms with Crippen molar-refractivity contribution in [3.63, 3.8) is 0 Å². The first-order chi connectivity index (χ1) is 9.26. The molecular formula is C17H26ClN. The molecule has 0 spiro atoms. The van der Waals surface area contributed by atoms with Crippen molar-refractivity contribution >= 4 is 11.6 Å². The SMILES string of the molecule is C=CCCCCCC(Cc1ccc(Cl)cc1)NCC. The van der Waals surface area contributed by atoms with E-state index in [0.717, 1.165) is 24.4 Å².